The minimum absolute atomic E-state index is 0.185. The molecular weight excluding hydrogens is 510 g/mol. The Morgan fingerprint density at radius 1 is 0.897 bits per heavy atom. The van der Waals surface area contributed by atoms with Crippen LogP contribution in [0.15, 0.2) is 109 Å². The second-order valence-electron chi connectivity index (χ2n) is 10.00. The van der Waals surface area contributed by atoms with Gasteiger partial charge in [-0.2, -0.15) is 0 Å². The number of rotatable bonds is 7. The van der Waals surface area contributed by atoms with Crippen molar-refractivity contribution in [2.75, 3.05) is 11.4 Å². The molecule has 1 amide bonds. The van der Waals surface area contributed by atoms with Gasteiger partial charge < -0.3 is 9.47 Å². The van der Waals surface area contributed by atoms with E-state index in [1.807, 2.05) is 103 Å². The molecule has 0 bridgehead atoms. The molecule has 0 N–H and O–H groups in total. The Balaban J connectivity index is 1.70. The average Bonchev–Trinajstić information content (AvgIpc) is 3.40. The van der Waals surface area contributed by atoms with E-state index < -0.39 is 17.9 Å². The third-order valence-electron chi connectivity index (χ3n) is 7.81. The first-order valence-corrected chi connectivity index (χ1v) is 13.2. The highest BCUT2D eigenvalue weighted by molar-refractivity contribution is 6.30. The fourth-order valence-corrected chi connectivity index (χ4v) is 6.41. The van der Waals surface area contributed by atoms with E-state index in [1.54, 1.807) is 23.1 Å². The first-order valence-electron chi connectivity index (χ1n) is 12.8. The molecule has 1 aromatic heterocycles. The molecule has 0 saturated heterocycles. The van der Waals surface area contributed by atoms with E-state index in [4.69, 9.17) is 11.6 Å². The maximum Gasteiger partial charge on any atom is 0.243 e. The molecule has 194 valence electrons. The van der Waals surface area contributed by atoms with Gasteiger partial charge in [0.1, 0.15) is 5.41 Å². The van der Waals surface area contributed by atoms with E-state index in [1.165, 1.54) is 0 Å². The number of aryl methyl sites for hydroxylation is 1. The van der Waals surface area contributed by atoms with Crippen LogP contribution in [0.1, 0.15) is 28.2 Å². The summed E-state index contributed by atoms with van der Waals surface area (Å²) in [5.74, 6) is -0.998. The number of fused-ring (bicyclic) bond motifs is 2. The van der Waals surface area contributed by atoms with Crippen LogP contribution in [-0.4, -0.2) is 21.9 Å². The van der Waals surface area contributed by atoms with Crippen LogP contribution < -0.4 is 4.90 Å². The number of hydrogen-bond acceptors (Lipinski definition) is 3. The quantitative estimate of drug-likeness (QED) is 0.171. The SMILES string of the molecule is Cn1cc([C@@]2([C@H](C[N+](=O)[O-])c3cccc(Cl)c3)C(=O)N(Cc3ccccc3)c3ccccc32)c2ccccc21. The Kier molecular flexibility index (Phi) is 6.20. The highest BCUT2D eigenvalue weighted by atomic mass is 35.5. The molecular formula is C32H26ClN3O3. The molecule has 2 atom stereocenters. The van der Waals surface area contributed by atoms with Crippen molar-refractivity contribution in [2.45, 2.75) is 17.9 Å². The Morgan fingerprint density at radius 2 is 1.62 bits per heavy atom. The van der Waals surface area contributed by atoms with Gasteiger partial charge in [0.2, 0.25) is 12.5 Å². The second kappa shape index (κ2) is 9.71. The van der Waals surface area contributed by atoms with Crippen molar-refractivity contribution in [1.82, 2.24) is 4.57 Å². The van der Waals surface area contributed by atoms with Crippen molar-refractivity contribution in [3.05, 3.63) is 147 Å². The number of halogens is 1. The lowest BCUT2D eigenvalue weighted by molar-refractivity contribution is -0.484. The van der Waals surface area contributed by atoms with E-state index in [-0.39, 0.29) is 10.8 Å². The number of benzene rings is 4. The zero-order valence-corrected chi connectivity index (χ0v) is 22.1. The third kappa shape index (κ3) is 3.99. The zero-order valence-electron chi connectivity index (χ0n) is 21.3. The molecule has 0 saturated carbocycles. The van der Waals surface area contributed by atoms with E-state index in [2.05, 4.69) is 0 Å². The first-order chi connectivity index (χ1) is 18.9. The highest BCUT2D eigenvalue weighted by Gasteiger charge is 2.59. The molecule has 0 aliphatic carbocycles. The van der Waals surface area contributed by atoms with Crippen molar-refractivity contribution in [3.63, 3.8) is 0 Å². The van der Waals surface area contributed by atoms with Gasteiger partial charge in [-0.15, -0.1) is 0 Å². The number of nitrogens with zero attached hydrogens (tertiary/aromatic N) is 3. The van der Waals surface area contributed by atoms with Gasteiger partial charge in [0.05, 0.1) is 12.5 Å². The van der Waals surface area contributed by atoms with Crippen LogP contribution in [-0.2, 0) is 23.8 Å². The minimum atomic E-state index is -1.36. The van der Waals surface area contributed by atoms with Crippen LogP contribution in [0.3, 0.4) is 0 Å². The van der Waals surface area contributed by atoms with Crippen LogP contribution in [0.5, 0.6) is 0 Å². The van der Waals surface area contributed by atoms with Crippen molar-refractivity contribution < 1.29 is 9.72 Å². The molecule has 39 heavy (non-hydrogen) atoms. The van der Waals surface area contributed by atoms with Crippen LogP contribution in [0.4, 0.5) is 5.69 Å². The summed E-state index contributed by atoms with van der Waals surface area (Å²) in [6, 6.07) is 32.5. The maximum atomic E-state index is 15.1. The molecule has 6 nitrogen and oxygen atoms in total. The number of nitro groups is 1. The van der Waals surface area contributed by atoms with Gasteiger partial charge in [0, 0.05) is 39.8 Å². The summed E-state index contributed by atoms with van der Waals surface area (Å²) in [4.78, 5) is 28.8. The normalized spacial score (nSPS) is 17.4. The Hall–Kier alpha value is -4.42. The van der Waals surface area contributed by atoms with Crippen LogP contribution in [0.2, 0.25) is 5.02 Å². The minimum Gasteiger partial charge on any atom is -0.350 e. The van der Waals surface area contributed by atoms with Gasteiger partial charge in [-0.3, -0.25) is 14.9 Å². The summed E-state index contributed by atoms with van der Waals surface area (Å²) in [6.07, 6.45) is 1.96. The summed E-state index contributed by atoms with van der Waals surface area (Å²) in [5.41, 5.74) is 3.48. The fraction of sp³-hybridized carbons (Fsp3) is 0.156. The number of anilines is 1. The van der Waals surface area contributed by atoms with Gasteiger partial charge in [0.15, 0.2) is 0 Å². The lowest BCUT2D eigenvalue weighted by atomic mass is 9.64. The van der Waals surface area contributed by atoms with E-state index >= 15 is 4.79 Å². The van der Waals surface area contributed by atoms with Crippen molar-refractivity contribution >= 4 is 34.1 Å². The largest absolute Gasteiger partial charge is 0.350 e. The van der Waals surface area contributed by atoms with E-state index in [0.717, 1.165) is 33.3 Å². The number of hydrogen-bond donors (Lipinski definition) is 0. The predicted octanol–water partition coefficient (Wildman–Crippen LogP) is 6.73. The molecule has 1 aliphatic rings. The Labute approximate surface area is 231 Å². The van der Waals surface area contributed by atoms with Gasteiger partial charge in [-0.1, -0.05) is 90.5 Å². The lowest BCUT2D eigenvalue weighted by Crippen LogP contribution is -2.47. The van der Waals surface area contributed by atoms with Crippen molar-refractivity contribution in [2.24, 2.45) is 7.05 Å². The molecule has 0 radical (unpaired) electrons. The van der Waals surface area contributed by atoms with Gasteiger partial charge in [-0.05, 0) is 46.5 Å². The Bertz CT molecular complexity index is 1710. The van der Waals surface area contributed by atoms with Crippen molar-refractivity contribution in [3.8, 4) is 0 Å². The zero-order chi connectivity index (χ0) is 27.1. The predicted molar refractivity (Wildman–Crippen MR) is 154 cm³/mol. The number of aromatic nitrogens is 1. The summed E-state index contributed by atoms with van der Waals surface area (Å²) in [6.45, 7) is -0.0905. The average molecular weight is 536 g/mol. The molecule has 7 heteroatoms. The van der Waals surface area contributed by atoms with Gasteiger partial charge >= 0.3 is 0 Å². The third-order valence-corrected chi connectivity index (χ3v) is 8.05. The van der Waals surface area contributed by atoms with Crippen molar-refractivity contribution in [1.29, 1.82) is 0 Å². The van der Waals surface area contributed by atoms with Gasteiger partial charge in [-0.25, -0.2) is 0 Å². The molecule has 4 aromatic carbocycles. The molecule has 0 unspecified atom stereocenters. The maximum absolute atomic E-state index is 15.1. The fourth-order valence-electron chi connectivity index (χ4n) is 6.21. The molecule has 5 aromatic rings. The number of para-hydroxylation sites is 2. The van der Waals surface area contributed by atoms with E-state index in [0.29, 0.717) is 17.1 Å². The first kappa shape index (κ1) is 24.9. The van der Waals surface area contributed by atoms with E-state index in [9.17, 15) is 10.1 Å². The number of amides is 1. The molecule has 2 heterocycles. The Morgan fingerprint density at radius 3 is 2.38 bits per heavy atom. The summed E-state index contributed by atoms with van der Waals surface area (Å²) >= 11 is 6.43. The summed E-state index contributed by atoms with van der Waals surface area (Å²) in [5, 5.41) is 13.7. The number of carbonyl (C=O) groups excluding carboxylic acids is 1. The van der Waals surface area contributed by atoms with Crippen LogP contribution in [0.25, 0.3) is 10.9 Å². The van der Waals surface area contributed by atoms with Gasteiger partial charge in [0.25, 0.3) is 0 Å². The topological polar surface area (TPSA) is 68.4 Å². The molecule has 6 rings (SSSR count). The second-order valence-corrected chi connectivity index (χ2v) is 10.4. The monoisotopic (exact) mass is 535 g/mol. The highest BCUT2D eigenvalue weighted by Crippen LogP contribution is 2.56. The lowest BCUT2D eigenvalue weighted by Gasteiger charge is -2.35. The molecule has 1 aliphatic heterocycles. The van der Waals surface area contributed by atoms with Crippen LogP contribution >= 0.6 is 11.6 Å². The summed E-state index contributed by atoms with van der Waals surface area (Å²) in [7, 11) is 1.94. The summed E-state index contributed by atoms with van der Waals surface area (Å²) < 4.78 is 1.99. The van der Waals surface area contributed by atoms with Crippen LogP contribution in [0, 0.1) is 10.1 Å². The smallest absolute Gasteiger partial charge is 0.243 e. The molecule has 0 spiro atoms. The standard InChI is InChI=1S/C32H26ClN3O3/c1-34-20-28(25-14-5-7-16-29(25)34)32(27(21-36(38)39)23-12-9-13-24(33)18-23)26-15-6-8-17-30(26)35(31(32)37)19-22-10-3-2-4-11-22/h2-18,20,27H,19,21H2,1H3/t27-,32-/m1/s1. The number of carbonyl (C=O) groups is 1. The molecule has 0 fully saturated rings.